The van der Waals surface area contributed by atoms with Gasteiger partial charge in [-0.05, 0) is 18.2 Å². The summed E-state index contributed by atoms with van der Waals surface area (Å²) in [7, 11) is 1.32. The fourth-order valence-corrected chi connectivity index (χ4v) is 2.12. The monoisotopic (exact) mass is 281 g/mol. The molecule has 108 valence electrons. The average molecular weight is 281 g/mol. The average Bonchev–Trinajstić information content (AvgIpc) is 2.46. The molecule has 7 heteroatoms. The van der Waals surface area contributed by atoms with Gasteiger partial charge in [0.15, 0.2) is 0 Å². The van der Waals surface area contributed by atoms with Crippen molar-refractivity contribution in [3.05, 3.63) is 29.6 Å². The molecule has 1 heterocycles. The summed E-state index contributed by atoms with van der Waals surface area (Å²) in [6, 6.07) is 3.70. The minimum Gasteiger partial charge on any atom is -0.453 e. The van der Waals surface area contributed by atoms with Gasteiger partial charge in [0.25, 0.3) is 5.91 Å². The lowest BCUT2D eigenvalue weighted by Crippen LogP contribution is -2.50. The number of halogens is 1. The molecule has 1 aliphatic rings. The fraction of sp³-hybridized carbons (Fsp3) is 0.385. The molecule has 20 heavy (non-hydrogen) atoms. The highest BCUT2D eigenvalue weighted by Crippen LogP contribution is 2.17. The number of benzene rings is 1. The topological polar surface area (TPSA) is 75.9 Å². The van der Waals surface area contributed by atoms with Crippen molar-refractivity contribution in [3.8, 4) is 0 Å². The molecule has 0 atom stereocenters. The lowest BCUT2D eigenvalue weighted by molar-refractivity contribution is 0.0600. The van der Waals surface area contributed by atoms with E-state index in [9.17, 15) is 14.0 Å². The second-order valence-corrected chi connectivity index (χ2v) is 4.48. The van der Waals surface area contributed by atoms with E-state index < -0.39 is 11.9 Å². The van der Waals surface area contributed by atoms with Crippen LogP contribution in [-0.4, -0.2) is 55.1 Å². The van der Waals surface area contributed by atoms with Gasteiger partial charge in [0.1, 0.15) is 5.82 Å². The molecule has 0 aliphatic carbocycles. The Morgan fingerprint density at radius 1 is 1.20 bits per heavy atom. The molecule has 1 aliphatic heterocycles. The predicted molar refractivity (Wildman–Crippen MR) is 70.7 cm³/mol. The van der Waals surface area contributed by atoms with Crippen molar-refractivity contribution < 1.29 is 18.7 Å². The Morgan fingerprint density at radius 2 is 1.80 bits per heavy atom. The van der Waals surface area contributed by atoms with E-state index in [1.54, 1.807) is 4.90 Å². The maximum Gasteiger partial charge on any atom is 0.409 e. The molecule has 2 amide bonds. The highest BCUT2D eigenvalue weighted by Gasteiger charge is 2.26. The summed E-state index contributed by atoms with van der Waals surface area (Å²) >= 11 is 0. The Hall–Kier alpha value is -2.31. The van der Waals surface area contributed by atoms with Crippen LogP contribution in [0.25, 0.3) is 0 Å². The smallest absolute Gasteiger partial charge is 0.409 e. The van der Waals surface area contributed by atoms with E-state index in [4.69, 9.17) is 5.73 Å². The van der Waals surface area contributed by atoms with Crippen LogP contribution in [0, 0.1) is 5.82 Å². The van der Waals surface area contributed by atoms with E-state index in [0.717, 1.165) is 6.07 Å². The normalized spacial score (nSPS) is 15.1. The van der Waals surface area contributed by atoms with E-state index in [1.165, 1.54) is 24.1 Å². The van der Waals surface area contributed by atoms with Crippen LogP contribution < -0.4 is 5.73 Å². The summed E-state index contributed by atoms with van der Waals surface area (Å²) in [4.78, 5) is 26.7. The van der Waals surface area contributed by atoms with E-state index in [1.807, 2.05) is 0 Å². The number of hydrogen-bond acceptors (Lipinski definition) is 4. The maximum atomic E-state index is 13.0. The zero-order valence-electron chi connectivity index (χ0n) is 11.1. The lowest BCUT2D eigenvalue weighted by atomic mass is 10.1. The number of methoxy groups -OCH3 is 1. The number of nitrogen functional groups attached to an aromatic ring is 1. The third-order valence-electron chi connectivity index (χ3n) is 3.24. The number of nitrogens with zero attached hydrogens (tertiary/aromatic N) is 2. The molecule has 1 fully saturated rings. The van der Waals surface area contributed by atoms with E-state index in [-0.39, 0.29) is 17.2 Å². The molecule has 0 radical (unpaired) electrons. The SMILES string of the molecule is COC(=O)N1CCN(C(=O)c2ccc(F)cc2N)CC1. The molecule has 0 unspecified atom stereocenters. The van der Waals surface area contributed by atoms with E-state index >= 15 is 0 Å². The summed E-state index contributed by atoms with van der Waals surface area (Å²) in [6.45, 7) is 1.59. The number of hydrogen-bond donors (Lipinski definition) is 1. The Kier molecular flexibility index (Phi) is 4.07. The van der Waals surface area contributed by atoms with Crippen molar-refractivity contribution in [2.75, 3.05) is 39.0 Å². The Labute approximate surface area is 115 Å². The van der Waals surface area contributed by atoms with Gasteiger partial charge in [0, 0.05) is 31.9 Å². The van der Waals surface area contributed by atoms with Crippen LogP contribution in [0.5, 0.6) is 0 Å². The number of amides is 2. The first-order valence-electron chi connectivity index (χ1n) is 6.20. The third kappa shape index (κ3) is 2.81. The Balaban J connectivity index is 2.03. The van der Waals surface area contributed by atoms with Crippen LogP contribution in [0.3, 0.4) is 0 Å². The third-order valence-corrected chi connectivity index (χ3v) is 3.24. The minimum absolute atomic E-state index is 0.116. The number of anilines is 1. The molecule has 1 saturated heterocycles. The Bertz CT molecular complexity index is 528. The van der Waals surface area contributed by atoms with Gasteiger partial charge in [-0.15, -0.1) is 0 Å². The van der Waals surface area contributed by atoms with Crippen molar-refractivity contribution in [1.29, 1.82) is 0 Å². The molecular weight excluding hydrogens is 265 g/mol. The number of nitrogens with two attached hydrogens (primary N) is 1. The highest BCUT2D eigenvalue weighted by atomic mass is 19.1. The Morgan fingerprint density at radius 3 is 2.35 bits per heavy atom. The number of rotatable bonds is 1. The zero-order valence-corrected chi connectivity index (χ0v) is 11.1. The highest BCUT2D eigenvalue weighted by molar-refractivity contribution is 5.99. The number of carbonyl (C=O) groups excluding carboxylic acids is 2. The lowest BCUT2D eigenvalue weighted by Gasteiger charge is -2.34. The summed E-state index contributed by atoms with van der Waals surface area (Å²) in [5.41, 5.74) is 6.05. The van der Waals surface area contributed by atoms with Crippen molar-refractivity contribution in [2.45, 2.75) is 0 Å². The van der Waals surface area contributed by atoms with Gasteiger partial charge in [-0.2, -0.15) is 0 Å². The molecule has 0 spiro atoms. The molecule has 2 rings (SSSR count). The quantitative estimate of drug-likeness (QED) is 0.777. The van der Waals surface area contributed by atoms with Crippen LogP contribution in [0.2, 0.25) is 0 Å². The molecule has 2 N–H and O–H groups in total. The second kappa shape index (κ2) is 5.77. The standard InChI is InChI=1S/C13H16FN3O3/c1-20-13(19)17-6-4-16(5-7-17)12(18)10-3-2-9(14)8-11(10)15/h2-3,8H,4-7,15H2,1H3. The maximum absolute atomic E-state index is 13.0. The van der Waals surface area contributed by atoms with Crippen LogP contribution in [0.15, 0.2) is 18.2 Å². The molecule has 1 aromatic carbocycles. The first-order valence-corrected chi connectivity index (χ1v) is 6.20. The molecule has 0 saturated carbocycles. The minimum atomic E-state index is -0.477. The van der Waals surface area contributed by atoms with Gasteiger partial charge >= 0.3 is 6.09 Å². The van der Waals surface area contributed by atoms with Crippen LogP contribution in [0.4, 0.5) is 14.9 Å². The largest absolute Gasteiger partial charge is 0.453 e. The van der Waals surface area contributed by atoms with Gasteiger partial charge in [0.2, 0.25) is 0 Å². The van der Waals surface area contributed by atoms with Gasteiger partial charge in [-0.25, -0.2) is 9.18 Å². The number of carbonyl (C=O) groups is 2. The zero-order chi connectivity index (χ0) is 14.7. The van der Waals surface area contributed by atoms with E-state index in [0.29, 0.717) is 26.2 Å². The molecular formula is C13H16FN3O3. The summed E-state index contributed by atoms with van der Waals surface area (Å²) < 4.78 is 17.6. The van der Waals surface area contributed by atoms with Crippen molar-refractivity contribution in [2.24, 2.45) is 0 Å². The van der Waals surface area contributed by atoms with Crippen molar-refractivity contribution in [1.82, 2.24) is 9.80 Å². The molecule has 6 nitrogen and oxygen atoms in total. The van der Waals surface area contributed by atoms with Crippen molar-refractivity contribution in [3.63, 3.8) is 0 Å². The predicted octanol–water partition coefficient (Wildman–Crippen LogP) is 0.932. The molecule has 0 bridgehead atoms. The van der Waals surface area contributed by atoms with Crippen LogP contribution in [0.1, 0.15) is 10.4 Å². The van der Waals surface area contributed by atoms with Crippen LogP contribution >= 0.6 is 0 Å². The van der Waals surface area contributed by atoms with Gasteiger partial charge in [0.05, 0.1) is 12.7 Å². The van der Waals surface area contributed by atoms with Gasteiger partial charge in [-0.3, -0.25) is 4.79 Å². The van der Waals surface area contributed by atoms with Gasteiger partial charge < -0.3 is 20.3 Å². The number of ether oxygens (including phenoxy) is 1. The summed E-state index contributed by atoms with van der Waals surface area (Å²) in [5, 5.41) is 0. The van der Waals surface area contributed by atoms with Gasteiger partial charge in [-0.1, -0.05) is 0 Å². The number of piperazine rings is 1. The molecule has 0 aromatic heterocycles. The van der Waals surface area contributed by atoms with E-state index in [2.05, 4.69) is 4.74 Å². The van der Waals surface area contributed by atoms with Crippen LogP contribution in [-0.2, 0) is 4.74 Å². The molecule has 1 aromatic rings. The second-order valence-electron chi connectivity index (χ2n) is 4.48. The summed E-state index contributed by atoms with van der Waals surface area (Å²) in [5.74, 6) is -0.735. The summed E-state index contributed by atoms with van der Waals surface area (Å²) in [6.07, 6.45) is -0.404. The fourth-order valence-electron chi connectivity index (χ4n) is 2.12. The van der Waals surface area contributed by atoms with Crippen molar-refractivity contribution >= 4 is 17.7 Å². The first-order chi connectivity index (χ1) is 9.52. The first kappa shape index (κ1) is 14.1.